The lowest BCUT2D eigenvalue weighted by Crippen LogP contribution is -2.40. The van der Waals surface area contributed by atoms with E-state index in [9.17, 15) is 10.1 Å². The quantitative estimate of drug-likeness (QED) is 0.623. The minimum absolute atomic E-state index is 0.0897. The molecule has 1 atom stereocenters. The third-order valence-corrected chi connectivity index (χ3v) is 4.68. The first-order valence-electron chi connectivity index (χ1n) is 8.88. The molecule has 1 heterocycles. The SMILES string of the molecule is Cc1ccc(C(CN2CCOCC2)Nc2ccc(C#N)cc2[N+](=O)[O-])cc1. The standard InChI is InChI=1S/C20H22N4O3/c1-15-2-5-17(6-3-15)19(14-23-8-10-27-11-9-23)22-18-7-4-16(13-21)12-20(18)24(25)26/h2-7,12,19,22H,8-11,14H2,1H3. The lowest BCUT2D eigenvalue weighted by atomic mass is 10.0. The van der Waals surface area contributed by atoms with Gasteiger partial charge in [-0.1, -0.05) is 29.8 Å². The number of anilines is 1. The number of rotatable bonds is 6. The number of nitriles is 1. The van der Waals surface area contributed by atoms with Crippen molar-refractivity contribution in [2.45, 2.75) is 13.0 Å². The van der Waals surface area contributed by atoms with Gasteiger partial charge < -0.3 is 10.1 Å². The molecule has 0 bridgehead atoms. The second-order valence-corrected chi connectivity index (χ2v) is 6.62. The van der Waals surface area contributed by atoms with Gasteiger partial charge in [-0.15, -0.1) is 0 Å². The number of nitrogens with zero attached hydrogens (tertiary/aromatic N) is 3. The second kappa shape index (κ2) is 8.62. The first-order chi connectivity index (χ1) is 13.1. The van der Waals surface area contributed by atoms with E-state index < -0.39 is 4.92 Å². The normalized spacial score (nSPS) is 15.7. The Balaban J connectivity index is 1.89. The van der Waals surface area contributed by atoms with Gasteiger partial charge in [0, 0.05) is 25.7 Å². The summed E-state index contributed by atoms with van der Waals surface area (Å²) in [4.78, 5) is 13.3. The molecule has 140 valence electrons. The van der Waals surface area contributed by atoms with E-state index in [2.05, 4.69) is 10.2 Å². The Morgan fingerprint density at radius 3 is 2.59 bits per heavy atom. The zero-order valence-electron chi connectivity index (χ0n) is 15.2. The summed E-state index contributed by atoms with van der Waals surface area (Å²) in [6.07, 6.45) is 0. The third kappa shape index (κ3) is 4.82. The highest BCUT2D eigenvalue weighted by atomic mass is 16.6. The molecular weight excluding hydrogens is 344 g/mol. The molecule has 0 amide bonds. The van der Waals surface area contributed by atoms with E-state index >= 15 is 0 Å². The van der Waals surface area contributed by atoms with Crippen molar-refractivity contribution < 1.29 is 9.66 Å². The molecule has 2 aromatic carbocycles. The highest BCUT2D eigenvalue weighted by Gasteiger charge is 2.22. The highest BCUT2D eigenvalue weighted by Crippen LogP contribution is 2.30. The average Bonchev–Trinajstić information content (AvgIpc) is 2.69. The number of morpholine rings is 1. The van der Waals surface area contributed by atoms with Crippen LogP contribution < -0.4 is 5.32 Å². The third-order valence-electron chi connectivity index (χ3n) is 4.68. The van der Waals surface area contributed by atoms with Crippen LogP contribution in [0.15, 0.2) is 42.5 Å². The summed E-state index contributed by atoms with van der Waals surface area (Å²) in [5.74, 6) is 0. The van der Waals surface area contributed by atoms with E-state index in [4.69, 9.17) is 10.00 Å². The maximum atomic E-state index is 11.5. The van der Waals surface area contributed by atoms with Gasteiger partial charge >= 0.3 is 0 Å². The lowest BCUT2D eigenvalue weighted by Gasteiger charge is -2.31. The van der Waals surface area contributed by atoms with Crippen LogP contribution in [0.2, 0.25) is 0 Å². The fraction of sp³-hybridized carbons (Fsp3) is 0.350. The van der Waals surface area contributed by atoms with Gasteiger partial charge in [0.2, 0.25) is 0 Å². The van der Waals surface area contributed by atoms with Crippen LogP contribution in [-0.4, -0.2) is 42.7 Å². The molecule has 0 radical (unpaired) electrons. The van der Waals surface area contributed by atoms with Crippen LogP contribution in [-0.2, 0) is 4.74 Å². The number of hydrogen-bond acceptors (Lipinski definition) is 6. The molecule has 0 spiro atoms. The molecule has 0 aromatic heterocycles. The molecular formula is C20H22N4O3. The minimum Gasteiger partial charge on any atom is -0.379 e. The molecule has 1 fully saturated rings. The number of hydrogen-bond donors (Lipinski definition) is 1. The monoisotopic (exact) mass is 366 g/mol. The Morgan fingerprint density at radius 1 is 1.26 bits per heavy atom. The van der Waals surface area contributed by atoms with Crippen LogP contribution in [0.5, 0.6) is 0 Å². The van der Waals surface area contributed by atoms with Crippen LogP contribution in [0.1, 0.15) is 22.7 Å². The summed E-state index contributed by atoms with van der Waals surface area (Å²) in [5, 5.41) is 23.8. The summed E-state index contributed by atoms with van der Waals surface area (Å²) < 4.78 is 5.42. The van der Waals surface area contributed by atoms with Crippen LogP contribution in [0.4, 0.5) is 11.4 Å². The van der Waals surface area contributed by atoms with Gasteiger partial charge in [0.15, 0.2) is 0 Å². The fourth-order valence-electron chi connectivity index (χ4n) is 3.14. The maximum absolute atomic E-state index is 11.5. The Kier molecular flexibility index (Phi) is 6.01. The summed E-state index contributed by atoms with van der Waals surface area (Å²) in [6.45, 7) is 5.79. The van der Waals surface area contributed by atoms with Crippen molar-refractivity contribution in [3.63, 3.8) is 0 Å². The molecule has 3 rings (SSSR count). The molecule has 1 aliphatic heterocycles. The number of aryl methyl sites for hydroxylation is 1. The van der Waals surface area contributed by atoms with Crippen LogP contribution in [0, 0.1) is 28.4 Å². The van der Waals surface area contributed by atoms with Gasteiger partial charge in [0.1, 0.15) is 5.69 Å². The van der Waals surface area contributed by atoms with Crippen molar-refractivity contribution in [3.05, 3.63) is 69.3 Å². The molecule has 2 aromatic rings. The van der Waals surface area contributed by atoms with E-state index in [1.807, 2.05) is 37.3 Å². The first kappa shape index (κ1) is 18.8. The Labute approximate surface area is 158 Å². The largest absolute Gasteiger partial charge is 0.379 e. The van der Waals surface area contributed by atoms with Crippen molar-refractivity contribution in [1.29, 1.82) is 5.26 Å². The second-order valence-electron chi connectivity index (χ2n) is 6.62. The van der Waals surface area contributed by atoms with Crippen molar-refractivity contribution in [1.82, 2.24) is 4.90 Å². The number of nitrogens with one attached hydrogen (secondary N) is 1. The molecule has 0 saturated carbocycles. The predicted octanol–water partition coefficient (Wildman–Crippen LogP) is 3.26. The smallest absolute Gasteiger partial charge is 0.293 e. The molecule has 7 nitrogen and oxygen atoms in total. The van der Waals surface area contributed by atoms with E-state index in [1.165, 1.54) is 6.07 Å². The Hall–Kier alpha value is -2.95. The van der Waals surface area contributed by atoms with Crippen molar-refractivity contribution >= 4 is 11.4 Å². The average molecular weight is 366 g/mol. The highest BCUT2D eigenvalue weighted by molar-refractivity contribution is 5.65. The van der Waals surface area contributed by atoms with E-state index in [-0.39, 0.29) is 17.3 Å². The lowest BCUT2D eigenvalue weighted by molar-refractivity contribution is -0.384. The predicted molar refractivity (Wildman–Crippen MR) is 103 cm³/mol. The van der Waals surface area contributed by atoms with Gasteiger partial charge in [0.25, 0.3) is 5.69 Å². The summed E-state index contributed by atoms with van der Waals surface area (Å²) >= 11 is 0. The maximum Gasteiger partial charge on any atom is 0.293 e. The van der Waals surface area contributed by atoms with Crippen LogP contribution >= 0.6 is 0 Å². The molecule has 27 heavy (non-hydrogen) atoms. The van der Waals surface area contributed by atoms with Crippen LogP contribution in [0.25, 0.3) is 0 Å². The number of nitro groups is 1. The van der Waals surface area contributed by atoms with E-state index in [1.54, 1.807) is 12.1 Å². The van der Waals surface area contributed by atoms with E-state index in [0.717, 1.165) is 24.2 Å². The molecule has 1 unspecified atom stereocenters. The van der Waals surface area contributed by atoms with E-state index in [0.29, 0.717) is 25.4 Å². The van der Waals surface area contributed by atoms with Gasteiger partial charge in [0.05, 0.1) is 35.8 Å². The van der Waals surface area contributed by atoms with Crippen molar-refractivity contribution in [3.8, 4) is 6.07 Å². The van der Waals surface area contributed by atoms with Gasteiger partial charge in [-0.2, -0.15) is 5.26 Å². The fourth-order valence-corrected chi connectivity index (χ4v) is 3.14. The summed E-state index contributed by atoms with van der Waals surface area (Å²) in [7, 11) is 0. The zero-order chi connectivity index (χ0) is 19.2. The molecule has 0 aliphatic carbocycles. The molecule has 1 N–H and O–H groups in total. The van der Waals surface area contributed by atoms with Gasteiger partial charge in [-0.25, -0.2) is 0 Å². The molecule has 1 saturated heterocycles. The summed E-state index contributed by atoms with van der Waals surface area (Å²) in [5.41, 5.74) is 2.82. The zero-order valence-corrected chi connectivity index (χ0v) is 15.2. The number of ether oxygens (including phenoxy) is 1. The van der Waals surface area contributed by atoms with Gasteiger partial charge in [-0.3, -0.25) is 15.0 Å². The van der Waals surface area contributed by atoms with Crippen LogP contribution in [0.3, 0.4) is 0 Å². The minimum atomic E-state index is -0.454. The van der Waals surface area contributed by atoms with Crippen molar-refractivity contribution in [2.24, 2.45) is 0 Å². The van der Waals surface area contributed by atoms with Crippen molar-refractivity contribution in [2.75, 3.05) is 38.2 Å². The Bertz CT molecular complexity index is 839. The van der Waals surface area contributed by atoms with Gasteiger partial charge in [-0.05, 0) is 24.6 Å². The number of benzene rings is 2. The number of nitro benzene ring substituents is 1. The first-order valence-corrected chi connectivity index (χ1v) is 8.88. The Morgan fingerprint density at radius 2 is 1.96 bits per heavy atom. The topological polar surface area (TPSA) is 91.4 Å². The molecule has 1 aliphatic rings. The summed E-state index contributed by atoms with van der Waals surface area (Å²) in [6, 6.07) is 14.5. The molecule has 7 heteroatoms.